The van der Waals surface area contributed by atoms with Crippen molar-refractivity contribution >= 4 is 5.97 Å². The van der Waals surface area contributed by atoms with Gasteiger partial charge in [-0.25, -0.2) is 4.79 Å². The fourth-order valence-electron chi connectivity index (χ4n) is 2.06. The van der Waals surface area contributed by atoms with Crippen LogP contribution in [-0.4, -0.2) is 17.7 Å². The van der Waals surface area contributed by atoms with E-state index in [2.05, 4.69) is 6.07 Å². The Bertz CT molecular complexity index is 455. The van der Waals surface area contributed by atoms with Crippen molar-refractivity contribution in [1.82, 2.24) is 0 Å². The first kappa shape index (κ1) is 11.6. The number of carboxylic acid groups (broad SMARTS) is 1. The maximum absolute atomic E-state index is 10.5. The maximum Gasteiger partial charge on any atom is 0.329 e. The predicted octanol–water partition coefficient (Wildman–Crippen LogP) is 2.04. The van der Waals surface area contributed by atoms with E-state index in [0.29, 0.717) is 5.56 Å². The van der Waals surface area contributed by atoms with E-state index in [1.54, 1.807) is 12.1 Å². The van der Waals surface area contributed by atoms with Gasteiger partial charge in [0, 0.05) is 0 Å². The van der Waals surface area contributed by atoms with Crippen molar-refractivity contribution in [2.75, 3.05) is 6.61 Å². The third-order valence-electron chi connectivity index (χ3n) is 3.17. The summed E-state index contributed by atoms with van der Waals surface area (Å²) in [5.41, 5.74) is 1.11. The molecule has 88 valence electrons. The number of rotatable bonds is 4. The van der Waals surface area contributed by atoms with Crippen LogP contribution < -0.4 is 0 Å². The molecule has 17 heavy (non-hydrogen) atoms. The Hall–Kier alpha value is -1.86. The van der Waals surface area contributed by atoms with Crippen LogP contribution in [0.5, 0.6) is 0 Å². The van der Waals surface area contributed by atoms with E-state index in [4.69, 9.17) is 15.1 Å². The summed E-state index contributed by atoms with van der Waals surface area (Å²) in [5, 5.41) is 17.4. The zero-order valence-electron chi connectivity index (χ0n) is 9.35. The van der Waals surface area contributed by atoms with Gasteiger partial charge in [-0.15, -0.1) is 0 Å². The normalized spacial score (nSPS) is 16.9. The summed E-state index contributed by atoms with van der Waals surface area (Å²) in [6.45, 7) is -0.278. The molecule has 1 saturated carbocycles. The average molecular weight is 231 g/mol. The van der Waals surface area contributed by atoms with Crippen LogP contribution in [-0.2, 0) is 15.1 Å². The highest BCUT2D eigenvalue weighted by molar-refractivity contribution is 5.68. The van der Waals surface area contributed by atoms with Crippen LogP contribution in [0.4, 0.5) is 0 Å². The molecule has 0 saturated heterocycles. The van der Waals surface area contributed by atoms with Gasteiger partial charge in [-0.05, 0) is 37.0 Å². The molecule has 1 aliphatic rings. The summed E-state index contributed by atoms with van der Waals surface area (Å²) in [7, 11) is 0. The summed E-state index contributed by atoms with van der Waals surface area (Å²) in [6.07, 6.45) is 2.72. The van der Waals surface area contributed by atoms with Gasteiger partial charge in [0.2, 0.25) is 0 Å². The fraction of sp³-hybridized carbons (Fsp3) is 0.385. The summed E-state index contributed by atoms with van der Waals surface area (Å²) in [6, 6.07) is 9.22. The molecule has 0 unspecified atom stereocenters. The molecule has 2 rings (SSSR count). The smallest absolute Gasteiger partial charge is 0.329 e. The quantitative estimate of drug-likeness (QED) is 0.860. The Morgan fingerprint density at radius 1 is 1.41 bits per heavy atom. The van der Waals surface area contributed by atoms with Crippen LogP contribution in [0.3, 0.4) is 0 Å². The number of benzene rings is 1. The molecular formula is C13H13NO3. The molecule has 1 N–H and O–H groups in total. The molecule has 0 atom stereocenters. The van der Waals surface area contributed by atoms with Gasteiger partial charge in [-0.2, -0.15) is 5.26 Å². The predicted molar refractivity (Wildman–Crippen MR) is 60.3 cm³/mol. The molecule has 1 fully saturated rings. The van der Waals surface area contributed by atoms with Gasteiger partial charge in [0.25, 0.3) is 0 Å². The Morgan fingerprint density at radius 2 is 2.06 bits per heavy atom. The number of hydrogen-bond acceptors (Lipinski definition) is 3. The standard InChI is InChI=1S/C13H13NO3/c14-8-10-2-4-11(5-3-10)13(6-1-7-13)17-9-12(15)16/h2-5H,1,6-7,9H2,(H,15,16). The third kappa shape index (κ3) is 2.29. The maximum atomic E-state index is 10.5. The molecule has 4 heteroatoms. The molecule has 0 aliphatic heterocycles. The summed E-state index contributed by atoms with van der Waals surface area (Å²) < 4.78 is 5.50. The molecule has 1 aromatic rings. The fourth-order valence-corrected chi connectivity index (χ4v) is 2.06. The molecule has 0 amide bonds. The summed E-state index contributed by atoms with van der Waals surface area (Å²) in [5.74, 6) is -0.954. The lowest BCUT2D eigenvalue weighted by atomic mass is 9.74. The van der Waals surface area contributed by atoms with Crippen LogP contribution in [0.25, 0.3) is 0 Å². The molecule has 0 heterocycles. The highest BCUT2D eigenvalue weighted by atomic mass is 16.5. The van der Waals surface area contributed by atoms with Crippen LogP contribution in [0.2, 0.25) is 0 Å². The lowest BCUT2D eigenvalue weighted by molar-refractivity contribution is -0.159. The van der Waals surface area contributed by atoms with E-state index >= 15 is 0 Å². The number of carbonyl (C=O) groups is 1. The molecule has 0 aromatic heterocycles. The second-order valence-corrected chi connectivity index (χ2v) is 4.22. The minimum absolute atomic E-state index is 0.278. The largest absolute Gasteiger partial charge is 0.480 e. The highest BCUT2D eigenvalue weighted by Gasteiger charge is 2.40. The number of nitriles is 1. The zero-order valence-corrected chi connectivity index (χ0v) is 9.35. The van der Waals surface area contributed by atoms with Crippen molar-refractivity contribution in [3.05, 3.63) is 35.4 Å². The van der Waals surface area contributed by atoms with Gasteiger partial charge in [0.1, 0.15) is 6.61 Å². The SMILES string of the molecule is N#Cc1ccc(C2(OCC(=O)O)CCC2)cc1. The van der Waals surface area contributed by atoms with E-state index in [0.717, 1.165) is 24.8 Å². The van der Waals surface area contributed by atoms with Gasteiger partial charge in [-0.3, -0.25) is 0 Å². The monoisotopic (exact) mass is 231 g/mol. The molecule has 0 radical (unpaired) electrons. The Morgan fingerprint density at radius 3 is 2.47 bits per heavy atom. The molecule has 0 spiro atoms. The number of carboxylic acids is 1. The van der Waals surface area contributed by atoms with E-state index < -0.39 is 11.6 Å². The van der Waals surface area contributed by atoms with Crippen molar-refractivity contribution in [1.29, 1.82) is 5.26 Å². The first-order chi connectivity index (χ1) is 8.16. The average Bonchev–Trinajstić information content (AvgIpc) is 2.28. The molecule has 1 aliphatic carbocycles. The Labute approximate surface area is 99.4 Å². The van der Waals surface area contributed by atoms with E-state index in [9.17, 15) is 4.79 Å². The Kier molecular flexibility index (Phi) is 3.12. The number of nitrogens with zero attached hydrogens (tertiary/aromatic N) is 1. The lowest BCUT2D eigenvalue weighted by Crippen LogP contribution is -2.38. The van der Waals surface area contributed by atoms with Crippen LogP contribution in [0.1, 0.15) is 30.4 Å². The van der Waals surface area contributed by atoms with E-state index in [1.807, 2.05) is 12.1 Å². The molecule has 0 bridgehead atoms. The van der Waals surface area contributed by atoms with Crippen LogP contribution in [0.15, 0.2) is 24.3 Å². The van der Waals surface area contributed by atoms with Crippen molar-refractivity contribution in [2.24, 2.45) is 0 Å². The molecule has 4 nitrogen and oxygen atoms in total. The van der Waals surface area contributed by atoms with E-state index in [-0.39, 0.29) is 6.61 Å². The second-order valence-electron chi connectivity index (χ2n) is 4.22. The van der Waals surface area contributed by atoms with Gasteiger partial charge >= 0.3 is 5.97 Å². The second kappa shape index (κ2) is 4.56. The number of ether oxygens (including phenoxy) is 1. The number of aliphatic carboxylic acids is 1. The van der Waals surface area contributed by atoms with Gasteiger partial charge in [0.15, 0.2) is 0 Å². The van der Waals surface area contributed by atoms with Crippen molar-refractivity contribution in [3.8, 4) is 6.07 Å². The minimum Gasteiger partial charge on any atom is -0.480 e. The topological polar surface area (TPSA) is 70.3 Å². The summed E-state index contributed by atoms with van der Waals surface area (Å²) >= 11 is 0. The van der Waals surface area contributed by atoms with E-state index in [1.165, 1.54) is 0 Å². The first-order valence-corrected chi connectivity index (χ1v) is 5.53. The summed E-state index contributed by atoms with van der Waals surface area (Å²) in [4.78, 5) is 10.5. The van der Waals surface area contributed by atoms with Crippen molar-refractivity contribution < 1.29 is 14.6 Å². The Balaban J connectivity index is 2.16. The van der Waals surface area contributed by atoms with Crippen LogP contribution in [0, 0.1) is 11.3 Å². The van der Waals surface area contributed by atoms with Gasteiger partial charge in [-0.1, -0.05) is 12.1 Å². The van der Waals surface area contributed by atoms with Gasteiger partial charge in [0.05, 0.1) is 17.2 Å². The zero-order chi connectivity index (χ0) is 12.3. The van der Waals surface area contributed by atoms with Crippen molar-refractivity contribution in [2.45, 2.75) is 24.9 Å². The number of hydrogen-bond donors (Lipinski definition) is 1. The third-order valence-corrected chi connectivity index (χ3v) is 3.17. The van der Waals surface area contributed by atoms with Crippen LogP contribution >= 0.6 is 0 Å². The van der Waals surface area contributed by atoms with Gasteiger partial charge < -0.3 is 9.84 Å². The lowest BCUT2D eigenvalue weighted by Gasteiger charge is -2.41. The minimum atomic E-state index is -0.954. The van der Waals surface area contributed by atoms with Crippen molar-refractivity contribution in [3.63, 3.8) is 0 Å². The highest BCUT2D eigenvalue weighted by Crippen LogP contribution is 2.44. The molecule has 1 aromatic carbocycles. The first-order valence-electron chi connectivity index (χ1n) is 5.53. The molecular weight excluding hydrogens is 218 g/mol.